The number of benzene rings is 2. The average Bonchev–Trinajstić information content (AvgIpc) is 2.32. The molecule has 2 aromatic rings. The highest BCUT2D eigenvalue weighted by molar-refractivity contribution is 5.33. The van der Waals surface area contributed by atoms with Gasteiger partial charge in [0.25, 0.3) is 0 Å². The Morgan fingerprint density at radius 2 is 1.19 bits per heavy atom. The van der Waals surface area contributed by atoms with E-state index in [9.17, 15) is 5.11 Å². The molecule has 1 nitrogen and oxygen atoms in total. The van der Waals surface area contributed by atoms with Crippen molar-refractivity contribution in [2.75, 3.05) is 0 Å². The molecule has 0 aliphatic rings. The Labute approximate surface area is 97.4 Å². The van der Waals surface area contributed by atoms with Crippen LogP contribution in [0.3, 0.4) is 0 Å². The fourth-order valence-corrected chi connectivity index (χ4v) is 1.36. The predicted molar refractivity (Wildman–Crippen MR) is 68.6 cm³/mol. The predicted octanol–water partition coefficient (Wildman–Crippen LogP) is 4.20. The summed E-state index contributed by atoms with van der Waals surface area (Å²) in [5.41, 5.74) is 1.02. The second-order valence-corrected chi connectivity index (χ2v) is 3.87. The highest BCUT2D eigenvalue weighted by Gasteiger charge is 2.01. The van der Waals surface area contributed by atoms with Crippen molar-refractivity contribution >= 4 is 0 Å². The fraction of sp³-hybridized carbons (Fsp3) is 0.200. The third-order valence-electron chi connectivity index (χ3n) is 2.23. The summed E-state index contributed by atoms with van der Waals surface area (Å²) in [4.78, 5) is 0. The fourth-order valence-electron chi connectivity index (χ4n) is 1.36. The molecule has 0 amide bonds. The van der Waals surface area contributed by atoms with Crippen molar-refractivity contribution in [3.63, 3.8) is 0 Å². The number of phenols is 1. The lowest BCUT2D eigenvalue weighted by molar-refractivity contribution is 0.465. The van der Waals surface area contributed by atoms with Crippen molar-refractivity contribution in [1.82, 2.24) is 0 Å². The van der Waals surface area contributed by atoms with Crippen LogP contribution in [0.25, 0.3) is 0 Å². The molecule has 1 heteroatoms. The maximum Gasteiger partial charge on any atom is 0.119 e. The number of hydrogen-bond donors (Lipinski definition) is 1. The van der Waals surface area contributed by atoms with Crippen LogP contribution in [0.1, 0.15) is 25.3 Å². The second kappa shape index (κ2) is 6.67. The van der Waals surface area contributed by atoms with Crippen LogP contribution >= 0.6 is 0 Å². The molecule has 0 aliphatic carbocycles. The minimum atomic E-state index is 0.400. The molecule has 0 atom stereocenters. The quantitative estimate of drug-likeness (QED) is 0.754. The van der Waals surface area contributed by atoms with Crippen LogP contribution in [-0.4, -0.2) is 5.11 Å². The lowest BCUT2D eigenvalue weighted by Crippen LogP contribution is -1.85. The van der Waals surface area contributed by atoms with Crippen molar-refractivity contribution in [2.24, 2.45) is 0 Å². The molecule has 0 fully saturated rings. The van der Waals surface area contributed by atoms with Gasteiger partial charge in [-0.1, -0.05) is 68.4 Å². The molecular formula is C15H18O. The molecular weight excluding hydrogens is 196 g/mol. The molecule has 16 heavy (non-hydrogen) atoms. The van der Waals surface area contributed by atoms with Crippen molar-refractivity contribution in [3.05, 3.63) is 66.2 Å². The third kappa shape index (κ3) is 4.18. The summed E-state index contributed by atoms with van der Waals surface area (Å²) in [7, 11) is 0. The molecule has 0 aromatic heterocycles. The maximum absolute atomic E-state index is 9.28. The normalized spacial score (nSPS) is 9.44. The Kier molecular flexibility index (Phi) is 5.13. The van der Waals surface area contributed by atoms with Crippen LogP contribution < -0.4 is 0 Å². The minimum Gasteiger partial charge on any atom is -0.508 e. The van der Waals surface area contributed by atoms with E-state index in [1.807, 2.05) is 54.6 Å². The van der Waals surface area contributed by atoms with Gasteiger partial charge in [0.15, 0.2) is 0 Å². The number of rotatable bonds is 1. The van der Waals surface area contributed by atoms with Gasteiger partial charge in [-0.2, -0.15) is 0 Å². The first-order valence-electron chi connectivity index (χ1n) is 5.49. The van der Waals surface area contributed by atoms with E-state index in [0.29, 0.717) is 11.7 Å². The van der Waals surface area contributed by atoms with Gasteiger partial charge in [-0.3, -0.25) is 0 Å². The summed E-state index contributed by atoms with van der Waals surface area (Å²) in [6, 6.07) is 19.4. The standard InChI is InChI=1S/C9H12O.C6H6/c1-7(2)8-5-3-4-6-9(8)10;1-2-4-6-5-3-1/h3-7,10H,1-2H3;1-6H. The summed E-state index contributed by atoms with van der Waals surface area (Å²) in [6.07, 6.45) is 0. The Morgan fingerprint density at radius 3 is 1.50 bits per heavy atom. The minimum absolute atomic E-state index is 0.400. The lowest BCUT2D eigenvalue weighted by Gasteiger charge is -2.05. The van der Waals surface area contributed by atoms with Crippen molar-refractivity contribution in [2.45, 2.75) is 19.8 Å². The number of aromatic hydroxyl groups is 1. The van der Waals surface area contributed by atoms with Gasteiger partial charge >= 0.3 is 0 Å². The number of para-hydroxylation sites is 1. The average molecular weight is 214 g/mol. The maximum atomic E-state index is 9.28. The van der Waals surface area contributed by atoms with E-state index in [1.165, 1.54) is 0 Å². The van der Waals surface area contributed by atoms with Gasteiger partial charge in [0.2, 0.25) is 0 Å². The van der Waals surface area contributed by atoms with Crippen LogP contribution in [0.5, 0.6) is 5.75 Å². The summed E-state index contributed by atoms with van der Waals surface area (Å²) in [5, 5.41) is 9.28. The first-order valence-corrected chi connectivity index (χ1v) is 5.49. The van der Waals surface area contributed by atoms with Crippen molar-refractivity contribution in [1.29, 1.82) is 0 Å². The van der Waals surface area contributed by atoms with Crippen LogP contribution in [0.2, 0.25) is 0 Å². The van der Waals surface area contributed by atoms with Gasteiger partial charge in [-0.05, 0) is 17.5 Å². The third-order valence-corrected chi connectivity index (χ3v) is 2.23. The molecule has 0 radical (unpaired) electrons. The van der Waals surface area contributed by atoms with Gasteiger partial charge in [0.05, 0.1) is 0 Å². The Balaban J connectivity index is 0.000000181. The lowest BCUT2D eigenvalue weighted by atomic mass is 10.0. The number of phenolic OH excluding ortho intramolecular Hbond substituents is 1. The van der Waals surface area contributed by atoms with E-state index in [4.69, 9.17) is 0 Å². The summed E-state index contributed by atoms with van der Waals surface area (Å²) >= 11 is 0. The molecule has 0 aliphatic heterocycles. The Hall–Kier alpha value is -1.76. The Morgan fingerprint density at radius 1 is 0.750 bits per heavy atom. The van der Waals surface area contributed by atoms with Gasteiger partial charge in [0.1, 0.15) is 5.75 Å². The van der Waals surface area contributed by atoms with E-state index < -0.39 is 0 Å². The zero-order valence-electron chi connectivity index (χ0n) is 9.80. The summed E-state index contributed by atoms with van der Waals surface area (Å²) in [5.74, 6) is 0.804. The van der Waals surface area contributed by atoms with E-state index in [-0.39, 0.29) is 0 Å². The van der Waals surface area contributed by atoms with Crippen LogP contribution in [-0.2, 0) is 0 Å². The molecule has 0 bridgehead atoms. The monoisotopic (exact) mass is 214 g/mol. The van der Waals surface area contributed by atoms with E-state index in [1.54, 1.807) is 6.07 Å². The smallest absolute Gasteiger partial charge is 0.119 e. The Bertz CT molecular complexity index is 366. The SMILES string of the molecule is CC(C)c1ccccc1O.c1ccccc1. The topological polar surface area (TPSA) is 20.2 Å². The van der Waals surface area contributed by atoms with Crippen LogP contribution in [0.15, 0.2) is 60.7 Å². The highest BCUT2D eigenvalue weighted by atomic mass is 16.3. The first-order chi connectivity index (χ1) is 7.72. The second-order valence-electron chi connectivity index (χ2n) is 3.87. The van der Waals surface area contributed by atoms with Gasteiger partial charge in [-0.25, -0.2) is 0 Å². The van der Waals surface area contributed by atoms with E-state index >= 15 is 0 Å². The first kappa shape index (κ1) is 12.3. The molecule has 0 unspecified atom stereocenters. The van der Waals surface area contributed by atoms with E-state index in [2.05, 4.69) is 13.8 Å². The molecule has 0 saturated carbocycles. The van der Waals surface area contributed by atoms with Gasteiger partial charge in [0, 0.05) is 0 Å². The molecule has 2 rings (SSSR count). The van der Waals surface area contributed by atoms with Crippen LogP contribution in [0.4, 0.5) is 0 Å². The summed E-state index contributed by atoms with van der Waals surface area (Å²) < 4.78 is 0. The zero-order valence-corrected chi connectivity index (χ0v) is 9.80. The zero-order chi connectivity index (χ0) is 11.8. The van der Waals surface area contributed by atoms with Gasteiger partial charge in [-0.15, -0.1) is 0 Å². The molecule has 0 spiro atoms. The van der Waals surface area contributed by atoms with Gasteiger partial charge < -0.3 is 5.11 Å². The number of hydrogen-bond acceptors (Lipinski definition) is 1. The molecule has 0 heterocycles. The van der Waals surface area contributed by atoms with Crippen molar-refractivity contribution in [3.8, 4) is 5.75 Å². The molecule has 84 valence electrons. The highest BCUT2D eigenvalue weighted by Crippen LogP contribution is 2.23. The van der Waals surface area contributed by atoms with Crippen LogP contribution in [0, 0.1) is 0 Å². The molecule has 1 N–H and O–H groups in total. The largest absolute Gasteiger partial charge is 0.508 e. The van der Waals surface area contributed by atoms with Crippen molar-refractivity contribution < 1.29 is 5.11 Å². The van der Waals surface area contributed by atoms with E-state index in [0.717, 1.165) is 5.56 Å². The molecule has 0 saturated heterocycles. The molecule has 2 aromatic carbocycles. The summed E-state index contributed by atoms with van der Waals surface area (Å²) in [6.45, 7) is 4.13.